The second-order valence-electron chi connectivity index (χ2n) is 5.74. The molecule has 2 aliphatic heterocycles. The Morgan fingerprint density at radius 1 is 1.15 bits per heavy atom. The van der Waals surface area contributed by atoms with Crippen LogP contribution >= 0.6 is 24.0 Å². The molecule has 0 unspecified atom stereocenters. The van der Waals surface area contributed by atoms with E-state index in [1.54, 1.807) is 36.4 Å². The quantitative estimate of drug-likeness (QED) is 0.590. The number of hydrogen-bond donors (Lipinski definition) is 0. The number of carbonyl (C=O) groups excluding carboxylic acids is 1. The second-order valence-corrected chi connectivity index (χ2v) is 7.42. The van der Waals surface area contributed by atoms with Gasteiger partial charge in [-0.25, -0.2) is 14.4 Å². The second kappa shape index (κ2) is 7.32. The summed E-state index contributed by atoms with van der Waals surface area (Å²) in [7, 11) is 0. The van der Waals surface area contributed by atoms with Crippen LogP contribution in [-0.4, -0.2) is 46.5 Å². The van der Waals surface area contributed by atoms with Gasteiger partial charge in [-0.2, -0.15) is 0 Å². The van der Waals surface area contributed by atoms with E-state index in [-0.39, 0.29) is 11.7 Å². The molecule has 0 aliphatic carbocycles. The standard InChI is InChI=1S/C18H15FN2O3S2/c19-14-4-2-1-3-13(14)15-6-5-12(24-15)11-16-17(22)21(18(25)26-16)20-7-9-23-10-8-20/h1-6,11H,7-10H2/b16-11-. The van der Waals surface area contributed by atoms with Crippen LogP contribution in [0.25, 0.3) is 17.4 Å². The fraction of sp³-hybridized carbons (Fsp3) is 0.222. The van der Waals surface area contributed by atoms with Gasteiger partial charge in [-0.05, 0) is 24.3 Å². The van der Waals surface area contributed by atoms with Gasteiger partial charge in [-0.3, -0.25) is 4.79 Å². The summed E-state index contributed by atoms with van der Waals surface area (Å²) in [5, 5.41) is 3.42. The Bertz CT molecular complexity index is 890. The van der Waals surface area contributed by atoms with Crippen molar-refractivity contribution in [3.8, 4) is 11.3 Å². The van der Waals surface area contributed by atoms with Gasteiger partial charge < -0.3 is 9.15 Å². The normalized spacial score (nSPS) is 20.3. The molecule has 2 aromatic rings. The lowest BCUT2D eigenvalue weighted by molar-refractivity contribution is -0.138. The fourth-order valence-electron chi connectivity index (χ4n) is 2.82. The largest absolute Gasteiger partial charge is 0.457 e. The number of thiocarbonyl (C=S) groups is 1. The van der Waals surface area contributed by atoms with Gasteiger partial charge in [0, 0.05) is 19.2 Å². The Morgan fingerprint density at radius 3 is 2.69 bits per heavy atom. The third-order valence-corrected chi connectivity index (χ3v) is 5.37. The van der Waals surface area contributed by atoms with Crippen molar-refractivity contribution < 1.29 is 18.3 Å². The molecule has 0 atom stereocenters. The summed E-state index contributed by atoms with van der Waals surface area (Å²) in [6.45, 7) is 2.39. The number of halogens is 1. The number of furan rings is 1. The number of morpholine rings is 1. The first-order chi connectivity index (χ1) is 12.6. The zero-order valence-corrected chi connectivity index (χ0v) is 15.3. The highest BCUT2D eigenvalue weighted by Gasteiger charge is 2.37. The predicted octanol–water partition coefficient (Wildman–Crippen LogP) is 3.53. The van der Waals surface area contributed by atoms with Gasteiger partial charge in [0.1, 0.15) is 17.3 Å². The lowest BCUT2D eigenvalue weighted by Gasteiger charge is -2.33. The zero-order chi connectivity index (χ0) is 18.1. The van der Waals surface area contributed by atoms with Crippen molar-refractivity contribution in [1.82, 2.24) is 10.0 Å². The van der Waals surface area contributed by atoms with Gasteiger partial charge in [0.15, 0.2) is 4.32 Å². The average molecular weight is 390 g/mol. The molecule has 0 radical (unpaired) electrons. The first-order valence-electron chi connectivity index (χ1n) is 8.09. The molecule has 1 amide bonds. The molecule has 8 heteroatoms. The molecule has 2 aliphatic rings. The third kappa shape index (κ3) is 3.33. The van der Waals surface area contributed by atoms with Crippen molar-refractivity contribution in [2.75, 3.05) is 26.3 Å². The van der Waals surface area contributed by atoms with E-state index in [4.69, 9.17) is 21.4 Å². The number of ether oxygens (including phenoxy) is 1. The SMILES string of the molecule is O=C1/C(=C/c2ccc(-c3ccccc3F)o2)SC(=S)N1N1CCOCC1. The van der Waals surface area contributed by atoms with Crippen LogP contribution in [0, 0.1) is 5.82 Å². The van der Waals surface area contributed by atoms with Crippen molar-refractivity contribution in [3.63, 3.8) is 0 Å². The van der Waals surface area contributed by atoms with Gasteiger partial charge in [-0.1, -0.05) is 36.1 Å². The number of hydrazine groups is 1. The fourth-order valence-corrected chi connectivity index (χ4v) is 4.11. The van der Waals surface area contributed by atoms with E-state index in [2.05, 4.69) is 0 Å². The van der Waals surface area contributed by atoms with Crippen LogP contribution in [-0.2, 0) is 9.53 Å². The van der Waals surface area contributed by atoms with Crippen LogP contribution < -0.4 is 0 Å². The number of rotatable bonds is 3. The highest BCUT2D eigenvalue weighted by atomic mass is 32.2. The molecule has 134 valence electrons. The zero-order valence-electron chi connectivity index (χ0n) is 13.7. The van der Waals surface area contributed by atoms with Gasteiger partial charge in [0.05, 0.1) is 23.7 Å². The van der Waals surface area contributed by atoms with E-state index in [0.717, 1.165) is 0 Å². The molecule has 1 aromatic heterocycles. The maximum Gasteiger partial charge on any atom is 0.281 e. The number of benzene rings is 1. The van der Waals surface area contributed by atoms with Crippen molar-refractivity contribution in [2.24, 2.45) is 0 Å². The number of amides is 1. The third-order valence-electron chi connectivity index (χ3n) is 4.08. The summed E-state index contributed by atoms with van der Waals surface area (Å²) in [5.41, 5.74) is 0.382. The van der Waals surface area contributed by atoms with E-state index in [9.17, 15) is 9.18 Å². The molecular formula is C18H15FN2O3S2. The Morgan fingerprint density at radius 2 is 1.92 bits per heavy atom. The van der Waals surface area contributed by atoms with E-state index in [1.807, 2.05) is 5.01 Å². The maximum atomic E-state index is 13.9. The van der Waals surface area contributed by atoms with Crippen molar-refractivity contribution in [2.45, 2.75) is 0 Å². The van der Waals surface area contributed by atoms with E-state index >= 15 is 0 Å². The number of hydrogen-bond acceptors (Lipinski definition) is 6. The molecule has 0 spiro atoms. The van der Waals surface area contributed by atoms with Crippen LogP contribution in [0.15, 0.2) is 45.7 Å². The number of nitrogens with zero attached hydrogens (tertiary/aromatic N) is 2. The highest BCUT2D eigenvalue weighted by Crippen LogP contribution is 2.35. The minimum absolute atomic E-state index is 0.175. The monoisotopic (exact) mass is 390 g/mol. The molecule has 3 heterocycles. The van der Waals surface area contributed by atoms with Crippen LogP contribution in [0.2, 0.25) is 0 Å². The Balaban J connectivity index is 1.56. The van der Waals surface area contributed by atoms with E-state index < -0.39 is 0 Å². The van der Waals surface area contributed by atoms with Gasteiger partial charge in [0.25, 0.3) is 5.91 Å². The Hall–Kier alpha value is -2.00. The van der Waals surface area contributed by atoms with E-state index in [0.29, 0.717) is 52.6 Å². The Kier molecular flexibility index (Phi) is 4.90. The van der Waals surface area contributed by atoms with Gasteiger partial charge >= 0.3 is 0 Å². The van der Waals surface area contributed by atoms with Gasteiger partial charge in [0.2, 0.25) is 0 Å². The van der Waals surface area contributed by atoms with Crippen molar-refractivity contribution in [1.29, 1.82) is 0 Å². The lowest BCUT2D eigenvalue weighted by atomic mass is 10.1. The molecule has 0 saturated carbocycles. The Labute approximate surface area is 159 Å². The molecular weight excluding hydrogens is 375 g/mol. The summed E-state index contributed by atoms with van der Waals surface area (Å²) < 4.78 is 25.4. The number of thioether (sulfide) groups is 1. The predicted molar refractivity (Wildman–Crippen MR) is 102 cm³/mol. The highest BCUT2D eigenvalue weighted by molar-refractivity contribution is 8.26. The van der Waals surface area contributed by atoms with Crippen LogP contribution in [0.4, 0.5) is 4.39 Å². The summed E-state index contributed by atoms with van der Waals surface area (Å²) >= 11 is 6.59. The molecule has 2 saturated heterocycles. The molecule has 1 aromatic carbocycles. The minimum Gasteiger partial charge on any atom is -0.457 e. The molecule has 5 nitrogen and oxygen atoms in total. The average Bonchev–Trinajstić information content (AvgIpc) is 3.21. The summed E-state index contributed by atoms with van der Waals surface area (Å²) in [6, 6.07) is 9.80. The van der Waals surface area contributed by atoms with Crippen LogP contribution in [0.5, 0.6) is 0 Å². The molecule has 0 bridgehead atoms. The summed E-state index contributed by atoms with van der Waals surface area (Å²) in [5.74, 6) is 0.363. The van der Waals surface area contributed by atoms with Crippen molar-refractivity contribution in [3.05, 3.63) is 52.9 Å². The molecule has 4 rings (SSSR count). The molecule has 2 fully saturated rings. The van der Waals surface area contributed by atoms with Gasteiger partial charge in [-0.15, -0.1) is 0 Å². The number of carbonyl (C=O) groups is 1. The molecule has 26 heavy (non-hydrogen) atoms. The minimum atomic E-state index is -0.355. The summed E-state index contributed by atoms with van der Waals surface area (Å²) in [6.07, 6.45) is 1.64. The lowest BCUT2D eigenvalue weighted by Crippen LogP contribution is -2.50. The van der Waals surface area contributed by atoms with E-state index in [1.165, 1.54) is 22.8 Å². The maximum absolute atomic E-state index is 13.9. The first-order valence-corrected chi connectivity index (χ1v) is 9.31. The van der Waals surface area contributed by atoms with Crippen LogP contribution in [0.1, 0.15) is 5.76 Å². The summed E-state index contributed by atoms with van der Waals surface area (Å²) in [4.78, 5) is 13.2. The smallest absolute Gasteiger partial charge is 0.281 e. The topological polar surface area (TPSA) is 45.9 Å². The van der Waals surface area contributed by atoms with Crippen LogP contribution in [0.3, 0.4) is 0 Å². The molecule has 0 N–H and O–H groups in total. The van der Waals surface area contributed by atoms with Crippen molar-refractivity contribution >= 4 is 40.3 Å². The first kappa shape index (κ1) is 17.4.